The summed E-state index contributed by atoms with van der Waals surface area (Å²) in [5.41, 5.74) is 5.77. The lowest BCUT2D eigenvalue weighted by Gasteiger charge is -2.13. The van der Waals surface area contributed by atoms with Gasteiger partial charge in [-0.05, 0) is 38.3 Å². The van der Waals surface area contributed by atoms with Crippen molar-refractivity contribution in [3.05, 3.63) is 87.3 Å². The van der Waals surface area contributed by atoms with Crippen LogP contribution >= 0.6 is 11.8 Å². The molecule has 0 bridgehead atoms. The smallest absolute Gasteiger partial charge is 0.280 e. The third kappa shape index (κ3) is 4.19. The first-order chi connectivity index (χ1) is 14.6. The predicted molar refractivity (Wildman–Crippen MR) is 123 cm³/mol. The highest BCUT2D eigenvalue weighted by Crippen LogP contribution is 2.24. The second kappa shape index (κ2) is 8.88. The second-order valence-electron chi connectivity index (χ2n) is 7.46. The third-order valence-electron chi connectivity index (χ3n) is 5.24. The Labute approximate surface area is 180 Å². The molecule has 0 aliphatic carbocycles. The van der Waals surface area contributed by atoms with Gasteiger partial charge >= 0.3 is 0 Å². The van der Waals surface area contributed by atoms with Crippen LogP contribution in [-0.4, -0.2) is 19.3 Å². The number of fused-ring (bicyclic) bond motifs is 1. The summed E-state index contributed by atoms with van der Waals surface area (Å²) >= 11 is 1.61. The highest BCUT2D eigenvalue weighted by atomic mass is 32.2. The van der Waals surface area contributed by atoms with Crippen LogP contribution in [0.15, 0.2) is 64.5 Å². The molecule has 0 saturated carbocycles. The molecule has 0 N–H and O–H groups in total. The van der Waals surface area contributed by atoms with E-state index in [1.54, 1.807) is 16.4 Å². The van der Waals surface area contributed by atoms with Crippen molar-refractivity contribution in [2.45, 2.75) is 51.2 Å². The lowest BCUT2D eigenvalue weighted by atomic mass is 10.1. The van der Waals surface area contributed by atoms with Crippen molar-refractivity contribution in [1.82, 2.24) is 19.3 Å². The van der Waals surface area contributed by atoms with E-state index >= 15 is 0 Å². The van der Waals surface area contributed by atoms with Gasteiger partial charge in [0.25, 0.3) is 5.56 Å². The Hall–Kier alpha value is -2.86. The van der Waals surface area contributed by atoms with Gasteiger partial charge in [-0.2, -0.15) is 5.10 Å². The van der Waals surface area contributed by atoms with Gasteiger partial charge in [0.05, 0.1) is 5.69 Å². The predicted octanol–water partition coefficient (Wildman–Crippen LogP) is 4.76. The molecule has 0 atom stereocenters. The standard InChI is InChI=1S/C24H26N4OS/c1-4-28-22-21(18(3)26-28)25-24(30-16-20-12-10-17(2)11-13-20)27(23(22)29)15-14-19-8-6-5-7-9-19/h5-13H,4,14-16H2,1-3H3. The first kappa shape index (κ1) is 20.4. The number of thioether (sulfide) groups is 1. The molecule has 5 nitrogen and oxygen atoms in total. The summed E-state index contributed by atoms with van der Waals surface area (Å²) in [5, 5.41) is 5.28. The van der Waals surface area contributed by atoms with Gasteiger partial charge in [-0.15, -0.1) is 0 Å². The Kier molecular flexibility index (Phi) is 6.04. The first-order valence-electron chi connectivity index (χ1n) is 10.3. The molecule has 0 saturated heterocycles. The minimum absolute atomic E-state index is 0.00946. The van der Waals surface area contributed by atoms with Crippen LogP contribution in [0, 0.1) is 13.8 Å². The highest BCUT2D eigenvalue weighted by molar-refractivity contribution is 7.98. The van der Waals surface area contributed by atoms with E-state index in [4.69, 9.17) is 4.98 Å². The van der Waals surface area contributed by atoms with Crippen molar-refractivity contribution >= 4 is 22.8 Å². The Morgan fingerprint density at radius 3 is 2.40 bits per heavy atom. The molecule has 0 unspecified atom stereocenters. The van der Waals surface area contributed by atoms with Gasteiger partial charge < -0.3 is 0 Å². The minimum Gasteiger partial charge on any atom is -0.285 e. The Morgan fingerprint density at radius 2 is 1.70 bits per heavy atom. The van der Waals surface area contributed by atoms with Crippen LogP contribution in [0.5, 0.6) is 0 Å². The Bertz CT molecular complexity index is 1210. The van der Waals surface area contributed by atoms with Gasteiger partial charge in [-0.25, -0.2) is 4.98 Å². The Balaban J connectivity index is 1.72. The van der Waals surface area contributed by atoms with Gasteiger partial charge in [-0.1, -0.05) is 71.9 Å². The molecule has 0 aliphatic rings. The third-order valence-corrected chi connectivity index (χ3v) is 6.28. The lowest BCUT2D eigenvalue weighted by molar-refractivity contribution is 0.587. The topological polar surface area (TPSA) is 52.7 Å². The van der Waals surface area contributed by atoms with E-state index in [9.17, 15) is 4.79 Å². The monoisotopic (exact) mass is 418 g/mol. The van der Waals surface area contributed by atoms with E-state index in [1.807, 2.05) is 36.6 Å². The molecule has 6 heteroatoms. The molecule has 2 aromatic heterocycles. The van der Waals surface area contributed by atoms with E-state index < -0.39 is 0 Å². The summed E-state index contributed by atoms with van der Waals surface area (Å²) in [6.45, 7) is 7.25. The number of aromatic nitrogens is 4. The zero-order valence-corrected chi connectivity index (χ0v) is 18.4. The molecule has 0 aliphatic heterocycles. The second-order valence-corrected chi connectivity index (χ2v) is 8.40. The van der Waals surface area contributed by atoms with Gasteiger partial charge in [-0.3, -0.25) is 14.0 Å². The van der Waals surface area contributed by atoms with Crippen LogP contribution in [0.3, 0.4) is 0 Å². The molecule has 2 aromatic carbocycles. The zero-order chi connectivity index (χ0) is 21.1. The quantitative estimate of drug-likeness (QED) is 0.321. The maximum atomic E-state index is 13.5. The SMILES string of the molecule is CCn1nc(C)c2nc(SCc3ccc(C)cc3)n(CCc3ccccc3)c(=O)c21. The first-order valence-corrected chi connectivity index (χ1v) is 11.3. The molecule has 2 heterocycles. The van der Waals surface area contributed by atoms with Crippen LogP contribution in [0.25, 0.3) is 11.0 Å². The van der Waals surface area contributed by atoms with E-state index in [-0.39, 0.29) is 5.56 Å². The van der Waals surface area contributed by atoms with Gasteiger partial charge in [0.15, 0.2) is 10.7 Å². The van der Waals surface area contributed by atoms with Crippen molar-refractivity contribution < 1.29 is 0 Å². The number of rotatable bonds is 7. The molecule has 0 amide bonds. The average molecular weight is 419 g/mol. The summed E-state index contributed by atoms with van der Waals surface area (Å²) in [4.78, 5) is 18.4. The van der Waals surface area contributed by atoms with Crippen LogP contribution in [0.2, 0.25) is 0 Å². The van der Waals surface area contributed by atoms with Crippen molar-refractivity contribution in [2.24, 2.45) is 0 Å². The molecule has 4 rings (SSSR count). The molecular weight excluding hydrogens is 392 g/mol. The fourth-order valence-electron chi connectivity index (χ4n) is 3.54. The lowest BCUT2D eigenvalue weighted by Crippen LogP contribution is -2.26. The van der Waals surface area contributed by atoms with Crippen LogP contribution < -0.4 is 5.56 Å². The van der Waals surface area contributed by atoms with Crippen molar-refractivity contribution in [3.8, 4) is 0 Å². The molecule has 0 spiro atoms. The fourth-order valence-corrected chi connectivity index (χ4v) is 4.52. The molecule has 154 valence electrons. The molecule has 0 radical (unpaired) electrons. The summed E-state index contributed by atoms with van der Waals surface area (Å²) in [7, 11) is 0. The number of hydrogen-bond acceptors (Lipinski definition) is 4. The largest absolute Gasteiger partial charge is 0.285 e. The van der Waals surface area contributed by atoms with E-state index in [1.165, 1.54) is 16.7 Å². The van der Waals surface area contributed by atoms with Crippen molar-refractivity contribution in [1.29, 1.82) is 0 Å². The summed E-state index contributed by atoms with van der Waals surface area (Å²) < 4.78 is 3.59. The van der Waals surface area contributed by atoms with E-state index in [0.29, 0.717) is 24.1 Å². The van der Waals surface area contributed by atoms with E-state index in [0.717, 1.165) is 23.0 Å². The summed E-state index contributed by atoms with van der Waals surface area (Å²) in [6, 6.07) is 18.8. The molecule has 30 heavy (non-hydrogen) atoms. The molecule has 0 fully saturated rings. The molecule has 4 aromatic rings. The summed E-state index contributed by atoms with van der Waals surface area (Å²) in [6.07, 6.45) is 0.783. The minimum atomic E-state index is -0.00946. The van der Waals surface area contributed by atoms with E-state index in [2.05, 4.69) is 48.4 Å². The van der Waals surface area contributed by atoms with Crippen LogP contribution in [0.1, 0.15) is 29.3 Å². The maximum Gasteiger partial charge on any atom is 0.280 e. The van der Waals surface area contributed by atoms with Crippen molar-refractivity contribution in [3.63, 3.8) is 0 Å². The van der Waals surface area contributed by atoms with Crippen LogP contribution in [0.4, 0.5) is 0 Å². The van der Waals surface area contributed by atoms with Gasteiger partial charge in [0.2, 0.25) is 0 Å². The van der Waals surface area contributed by atoms with Crippen LogP contribution in [-0.2, 0) is 25.3 Å². The summed E-state index contributed by atoms with van der Waals surface area (Å²) in [5.74, 6) is 0.768. The number of hydrogen-bond donors (Lipinski definition) is 0. The highest BCUT2D eigenvalue weighted by Gasteiger charge is 2.18. The Morgan fingerprint density at radius 1 is 0.967 bits per heavy atom. The number of benzene rings is 2. The number of aryl methyl sites for hydroxylation is 4. The maximum absolute atomic E-state index is 13.5. The fraction of sp³-hybridized carbons (Fsp3) is 0.292. The number of nitrogens with zero attached hydrogens (tertiary/aromatic N) is 4. The molecular formula is C24H26N4OS. The average Bonchev–Trinajstić information content (AvgIpc) is 3.09. The van der Waals surface area contributed by atoms with Crippen molar-refractivity contribution in [2.75, 3.05) is 0 Å². The van der Waals surface area contributed by atoms with Gasteiger partial charge in [0, 0.05) is 18.8 Å². The van der Waals surface area contributed by atoms with Gasteiger partial charge in [0.1, 0.15) is 5.52 Å². The normalized spacial score (nSPS) is 11.3. The zero-order valence-electron chi connectivity index (χ0n) is 17.6.